The van der Waals surface area contributed by atoms with Gasteiger partial charge in [0.15, 0.2) is 0 Å². The molecule has 2 rings (SSSR count). The van der Waals surface area contributed by atoms with Gasteiger partial charge in [-0.2, -0.15) is 0 Å². The lowest BCUT2D eigenvalue weighted by Gasteiger charge is -2.34. The van der Waals surface area contributed by atoms with E-state index in [4.69, 9.17) is 23.2 Å². The predicted octanol–water partition coefficient (Wildman–Crippen LogP) is 5.68. The number of hydrogen-bond donors (Lipinski definition) is 1. The molecule has 0 aliphatic heterocycles. The molecule has 1 unspecified atom stereocenters. The zero-order chi connectivity index (χ0) is 13.2. The molecule has 1 saturated carbocycles. The van der Waals surface area contributed by atoms with Gasteiger partial charge >= 0.3 is 0 Å². The second kappa shape index (κ2) is 6.13. The maximum atomic E-state index is 6.19. The van der Waals surface area contributed by atoms with Gasteiger partial charge in [0.05, 0.1) is 8.67 Å². The highest BCUT2D eigenvalue weighted by Crippen LogP contribution is 2.37. The number of nitrogens with one attached hydrogen (secondary N) is 1. The Hall–Kier alpha value is 0.240. The topological polar surface area (TPSA) is 12.0 Å². The van der Waals surface area contributed by atoms with E-state index in [1.165, 1.54) is 43.4 Å². The lowest BCUT2D eigenvalue weighted by atomic mass is 9.75. The van der Waals surface area contributed by atoms with Crippen molar-refractivity contribution in [1.82, 2.24) is 5.32 Å². The molecule has 1 N–H and O–H groups in total. The molecule has 1 fully saturated rings. The molecule has 1 atom stereocenters. The van der Waals surface area contributed by atoms with Gasteiger partial charge in [0.1, 0.15) is 0 Å². The predicted molar refractivity (Wildman–Crippen MR) is 81.9 cm³/mol. The fraction of sp³-hybridized carbons (Fsp3) is 0.714. The van der Waals surface area contributed by atoms with Crippen molar-refractivity contribution in [3.05, 3.63) is 20.3 Å². The summed E-state index contributed by atoms with van der Waals surface area (Å²) in [6.45, 7) is 5.63. The van der Waals surface area contributed by atoms with Crippen LogP contribution in [0.2, 0.25) is 8.67 Å². The molecule has 1 heterocycles. The van der Waals surface area contributed by atoms with Crippen molar-refractivity contribution in [3.63, 3.8) is 0 Å². The first-order chi connectivity index (χ1) is 8.50. The number of rotatable bonds is 4. The van der Waals surface area contributed by atoms with E-state index in [2.05, 4.69) is 19.2 Å². The fourth-order valence-corrected chi connectivity index (χ4v) is 4.39. The quantitative estimate of drug-likeness (QED) is 0.755. The van der Waals surface area contributed by atoms with Gasteiger partial charge in [-0.15, -0.1) is 11.3 Å². The van der Waals surface area contributed by atoms with E-state index in [0.717, 1.165) is 20.8 Å². The Morgan fingerprint density at radius 2 is 2.00 bits per heavy atom. The second-order valence-corrected chi connectivity index (χ2v) is 8.04. The summed E-state index contributed by atoms with van der Waals surface area (Å²) in [4.78, 5) is 0. The van der Waals surface area contributed by atoms with Crippen LogP contribution < -0.4 is 5.32 Å². The third kappa shape index (κ3) is 3.63. The standard InChI is InChI=1S/C14H21Cl2NS/c1-10(11-8-12(15)18-13(11)16)17-9-14(2)6-4-3-5-7-14/h8,10,17H,3-7,9H2,1-2H3. The van der Waals surface area contributed by atoms with Gasteiger partial charge in [-0.1, -0.05) is 49.4 Å². The van der Waals surface area contributed by atoms with Crippen LogP contribution in [-0.2, 0) is 0 Å². The molecule has 0 aromatic carbocycles. The summed E-state index contributed by atoms with van der Waals surface area (Å²) in [6, 6.07) is 2.26. The lowest BCUT2D eigenvalue weighted by molar-refractivity contribution is 0.202. The van der Waals surface area contributed by atoms with Crippen molar-refractivity contribution < 1.29 is 0 Å². The van der Waals surface area contributed by atoms with E-state index in [1.807, 2.05) is 6.07 Å². The molecule has 102 valence electrons. The molecule has 4 heteroatoms. The molecule has 18 heavy (non-hydrogen) atoms. The molecule has 0 amide bonds. The van der Waals surface area contributed by atoms with Gasteiger partial charge in [0.2, 0.25) is 0 Å². The normalized spacial score (nSPS) is 20.9. The second-order valence-electron chi connectivity index (χ2n) is 5.75. The first kappa shape index (κ1) is 14.6. The van der Waals surface area contributed by atoms with E-state index >= 15 is 0 Å². The van der Waals surface area contributed by atoms with Crippen LogP contribution in [0.15, 0.2) is 6.07 Å². The molecule has 0 spiro atoms. The summed E-state index contributed by atoms with van der Waals surface area (Å²) in [5.74, 6) is 0. The average molecular weight is 306 g/mol. The summed E-state index contributed by atoms with van der Waals surface area (Å²) in [6.07, 6.45) is 6.82. The Morgan fingerprint density at radius 3 is 2.56 bits per heavy atom. The lowest BCUT2D eigenvalue weighted by Crippen LogP contribution is -2.34. The first-order valence-corrected chi connectivity index (χ1v) is 8.25. The van der Waals surface area contributed by atoms with Crippen molar-refractivity contribution in [2.24, 2.45) is 5.41 Å². The summed E-state index contributed by atoms with van der Waals surface area (Å²) in [5.41, 5.74) is 1.59. The van der Waals surface area contributed by atoms with E-state index in [1.54, 1.807) is 0 Å². The summed E-state index contributed by atoms with van der Waals surface area (Å²) < 4.78 is 1.58. The van der Waals surface area contributed by atoms with Crippen LogP contribution in [0.25, 0.3) is 0 Å². The van der Waals surface area contributed by atoms with E-state index in [-0.39, 0.29) is 6.04 Å². The highest BCUT2D eigenvalue weighted by molar-refractivity contribution is 7.20. The summed E-state index contributed by atoms with van der Waals surface area (Å²) in [5, 5.41) is 3.63. The molecule has 1 nitrogen and oxygen atoms in total. The van der Waals surface area contributed by atoms with Gasteiger partial charge in [-0.3, -0.25) is 0 Å². The summed E-state index contributed by atoms with van der Waals surface area (Å²) >= 11 is 13.6. The zero-order valence-electron chi connectivity index (χ0n) is 11.1. The van der Waals surface area contributed by atoms with Crippen LogP contribution in [0.3, 0.4) is 0 Å². The molecule has 0 saturated heterocycles. The van der Waals surface area contributed by atoms with Crippen molar-refractivity contribution >= 4 is 34.5 Å². The van der Waals surface area contributed by atoms with E-state index in [0.29, 0.717) is 5.41 Å². The minimum Gasteiger partial charge on any atom is -0.310 e. The van der Waals surface area contributed by atoms with Crippen molar-refractivity contribution in [3.8, 4) is 0 Å². The van der Waals surface area contributed by atoms with Crippen LogP contribution in [0.5, 0.6) is 0 Å². The van der Waals surface area contributed by atoms with Crippen LogP contribution >= 0.6 is 34.5 Å². The molecular weight excluding hydrogens is 285 g/mol. The Kier molecular flexibility index (Phi) is 4.99. The SMILES string of the molecule is CC(NCC1(C)CCCCC1)c1cc(Cl)sc1Cl. The van der Waals surface area contributed by atoms with Gasteiger partial charge in [0.25, 0.3) is 0 Å². The minimum absolute atomic E-state index is 0.278. The average Bonchev–Trinajstić information content (AvgIpc) is 2.67. The number of thiophene rings is 1. The van der Waals surface area contributed by atoms with Gasteiger partial charge in [-0.25, -0.2) is 0 Å². The Labute approximate surface area is 124 Å². The van der Waals surface area contributed by atoms with Crippen LogP contribution in [0, 0.1) is 5.41 Å². The van der Waals surface area contributed by atoms with Gasteiger partial charge in [0, 0.05) is 12.6 Å². The highest BCUT2D eigenvalue weighted by atomic mass is 35.5. The third-order valence-electron chi connectivity index (χ3n) is 4.05. The van der Waals surface area contributed by atoms with Crippen LogP contribution in [0.4, 0.5) is 0 Å². The van der Waals surface area contributed by atoms with Crippen molar-refractivity contribution in [1.29, 1.82) is 0 Å². The Bertz CT molecular complexity index is 396. The number of hydrogen-bond acceptors (Lipinski definition) is 2. The van der Waals surface area contributed by atoms with Gasteiger partial charge in [-0.05, 0) is 36.8 Å². The molecule has 0 radical (unpaired) electrons. The van der Waals surface area contributed by atoms with Crippen LogP contribution in [-0.4, -0.2) is 6.54 Å². The zero-order valence-corrected chi connectivity index (χ0v) is 13.4. The largest absolute Gasteiger partial charge is 0.310 e. The maximum Gasteiger partial charge on any atom is 0.0991 e. The van der Waals surface area contributed by atoms with Crippen LogP contribution in [0.1, 0.15) is 57.6 Å². The van der Waals surface area contributed by atoms with Gasteiger partial charge < -0.3 is 5.32 Å². The third-order valence-corrected chi connectivity index (χ3v) is 5.56. The smallest absolute Gasteiger partial charge is 0.0991 e. The van der Waals surface area contributed by atoms with Crippen molar-refractivity contribution in [2.75, 3.05) is 6.54 Å². The molecule has 1 aromatic rings. The van der Waals surface area contributed by atoms with E-state index < -0.39 is 0 Å². The Balaban J connectivity index is 1.91. The first-order valence-electron chi connectivity index (χ1n) is 6.68. The Morgan fingerprint density at radius 1 is 1.33 bits per heavy atom. The highest BCUT2D eigenvalue weighted by Gasteiger charge is 2.27. The maximum absolute atomic E-state index is 6.19. The fourth-order valence-electron chi connectivity index (χ4n) is 2.74. The van der Waals surface area contributed by atoms with Crippen molar-refractivity contribution in [2.45, 2.75) is 52.0 Å². The minimum atomic E-state index is 0.278. The molecule has 1 aliphatic carbocycles. The molecular formula is C14H21Cl2NS. The molecule has 1 aliphatic rings. The molecule has 1 aromatic heterocycles. The van der Waals surface area contributed by atoms with E-state index in [9.17, 15) is 0 Å². The summed E-state index contributed by atoms with van der Waals surface area (Å²) in [7, 11) is 0. The number of halogens is 2. The monoisotopic (exact) mass is 305 g/mol. The molecule has 0 bridgehead atoms.